The highest BCUT2D eigenvalue weighted by molar-refractivity contribution is 6.11. The minimum absolute atomic E-state index is 0.0917. The summed E-state index contributed by atoms with van der Waals surface area (Å²) in [4.78, 5) is 12.8. The van der Waals surface area contributed by atoms with Gasteiger partial charge < -0.3 is 14.2 Å². The topological polar surface area (TPSA) is 44.8 Å². The van der Waals surface area contributed by atoms with Gasteiger partial charge in [-0.15, -0.1) is 0 Å². The van der Waals surface area contributed by atoms with Crippen molar-refractivity contribution < 1.29 is 19.0 Å². The molecule has 2 aromatic rings. The van der Waals surface area contributed by atoms with Crippen LogP contribution >= 0.6 is 0 Å². The Morgan fingerprint density at radius 3 is 2.48 bits per heavy atom. The van der Waals surface area contributed by atoms with Gasteiger partial charge in [0.15, 0.2) is 5.78 Å². The normalized spacial score (nSPS) is 12.5. The van der Waals surface area contributed by atoms with Crippen LogP contribution in [-0.2, 0) is 6.42 Å². The highest BCUT2D eigenvalue weighted by Crippen LogP contribution is 2.32. The quantitative estimate of drug-likeness (QED) is 0.810. The second-order valence-corrected chi connectivity index (χ2v) is 4.82. The number of ketones is 1. The van der Waals surface area contributed by atoms with Crippen LogP contribution in [-0.4, -0.2) is 26.6 Å². The van der Waals surface area contributed by atoms with Gasteiger partial charge in [-0.3, -0.25) is 4.79 Å². The van der Waals surface area contributed by atoms with Gasteiger partial charge in [-0.05, 0) is 23.8 Å². The fourth-order valence-corrected chi connectivity index (χ4v) is 2.49. The molecule has 2 aromatic carbocycles. The minimum atomic E-state index is -0.0917. The lowest BCUT2D eigenvalue weighted by atomic mass is 9.99. The van der Waals surface area contributed by atoms with E-state index < -0.39 is 0 Å². The van der Waals surface area contributed by atoms with Crippen molar-refractivity contribution in [3.05, 3.63) is 53.1 Å². The van der Waals surface area contributed by atoms with Gasteiger partial charge in [0.1, 0.15) is 17.2 Å². The van der Waals surface area contributed by atoms with Gasteiger partial charge in [-0.2, -0.15) is 0 Å². The molecule has 0 radical (unpaired) electrons. The second kappa shape index (κ2) is 5.48. The van der Waals surface area contributed by atoms with Gasteiger partial charge in [0.05, 0.1) is 26.4 Å². The van der Waals surface area contributed by atoms with E-state index >= 15 is 0 Å². The molecule has 0 fully saturated rings. The number of benzene rings is 2. The number of rotatable bonds is 4. The van der Waals surface area contributed by atoms with E-state index in [0.29, 0.717) is 35.0 Å². The van der Waals surface area contributed by atoms with Crippen LogP contribution in [0.1, 0.15) is 21.5 Å². The van der Waals surface area contributed by atoms with Crippen molar-refractivity contribution in [2.45, 2.75) is 6.42 Å². The fraction of sp³-hybridized carbons (Fsp3) is 0.235. The zero-order valence-corrected chi connectivity index (χ0v) is 12.0. The number of hydrogen-bond donors (Lipinski definition) is 0. The molecule has 1 aliphatic heterocycles. The summed E-state index contributed by atoms with van der Waals surface area (Å²) in [6, 6.07) is 10.8. The van der Waals surface area contributed by atoms with Gasteiger partial charge >= 0.3 is 0 Å². The Morgan fingerprint density at radius 2 is 1.81 bits per heavy atom. The van der Waals surface area contributed by atoms with Crippen molar-refractivity contribution in [2.75, 3.05) is 20.8 Å². The van der Waals surface area contributed by atoms with Gasteiger partial charge in [-0.25, -0.2) is 0 Å². The fourth-order valence-electron chi connectivity index (χ4n) is 2.49. The molecule has 4 heteroatoms. The lowest BCUT2D eigenvalue weighted by Gasteiger charge is -2.10. The minimum Gasteiger partial charge on any atom is -0.497 e. The highest BCUT2D eigenvalue weighted by Gasteiger charge is 2.22. The molecule has 0 N–H and O–H groups in total. The van der Waals surface area contributed by atoms with E-state index in [1.165, 1.54) is 0 Å². The van der Waals surface area contributed by atoms with Crippen LogP contribution in [0.4, 0.5) is 0 Å². The SMILES string of the molecule is COc1cc(OC)cc(C(=O)c2cccc3c2OCC3)c1. The first-order valence-corrected chi connectivity index (χ1v) is 6.75. The number of para-hydroxylation sites is 1. The first kappa shape index (κ1) is 13.5. The third-order valence-corrected chi connectivity index (χ3v) is 3.57. The molecule has 108 valence electrons. The van der Waals surface area contributed by atoms with Gasteiger partial charge in [0.25, 0.3) is 0 Å². The third kappa shape index (κ3) is 2.44. The molecular formula is C17H16O4. The van der Waals surface area contributed by atoms with E-state index in [1.54, 1.807) is 38.5 Å². The monoisotopic (exact) mass is 284 g/mol. The van der Waals surface area contributed by atoms with Crippen LogP contribution in [0.5, 0.6) is 17.2 Å². The molecule has 1 heterocycles. The van der Waals surface area contributed by atoms with Gasteiger partial charge in [0, 0.05) is 18.1 Å². The van der Waals surface area contributed by atoms with E-state index in [-0.39, 0.29) is 5.78 Å². The molecule has 0 aromatic heterocycles. The maximum absolute atomic E-state index is 12.8. The lowest BCUT2D eigenvalue weighted by molar-refractivity contribution is 0.103. The number of hydrogen-bond acceptors (Lipinski definition) is 4. The first-order valence-electron chi connectivity index (χ1n) is 6.75. The summed E-state index contributed by atoms with van der Waals surface area (Å²) in [6.07, 6.45) is 0.845. The molecule has 0 bridgehead atoms. The molecule has 0 saturated heterocycles. The molecule has 21 heavy (non-hydrogen) atoms. The number of fused-ring (bicyclic) bond motifs is 1. The highest BCUT2D eigenvalue weighted by atomic mass is 16.5. The standard InChI is InChI=1S/C17H16O4/c1-19-13-8-12(9-14(10-13)20-2)16(18)15-5-3-4-11-6-7-21-17(11)15/h3-5,8-10H,6-7H2,1-2H3. The molecule has 0 amide bonds. The van der Waals surface area contributed by atoms with Crippen molar-refractivity contribution >= 4 is 5.78 Å². The van der Waals surface area contributed by atoms with Crippen molar-refractivity contribution in [2.24, 2.45) is 0 Å². The zero-order valence-electron chi connectivity index (χ0n) is 12.0. The Kier molecular flexibility index (Phi) is 3.52. The molecule has 3 rings (SSSR count). The van der Waals surface area contributed by atoms with Crippen molar-refractivity contribution in [3.8, 4) is 17.2 Å². The molecule has 0 aliphatic carbocycles. The van der Waals surface area contributed by atoms with E-state index in [1.807, 2.05) is 12.1 Å². The third-order valence-electron chi connectivity index (χ3n) is 3.57. The van der Waals surface area contributed by atoms with Crippen LogP contribution in [0.15, 0.2) is 36.4 Å². The second-order valence-electron chi connectivity index (χ2n) is 4.82. The molecule has 0 spiro atoms. The van der Waals surface area contributed by atoms with Crippen LogP contribution in [0.25, 0.3) is 0 Å². The van der Waals surface area contributed by atoms with Crippen LogP contribution < -0.4 is 14.2 Å². The van der Waals surface area contributed by atoms with E-state index in [9.17, 15) is 4.79 Å². The average molecular weight is 284 g/mol. The summed E-state index contributed by atoms with van der Waals surface area (Å²) < 4.78 is 16.0. The largest absolute Gasteiger partial charge is 0.497 e. The van der Waals surface area contributed by atoms with Crippen LogP contribution in [0, 0.1) is 0 Å². The van der Waals surface area contributed by atoms with Crippen molar-refractivity contribution in [3.63, 3.8) is 0 Å². The average Bonchev–Trinajstić information content (AvgIpc) is 3.02. The Labute approximate surface area is 123 Å². The molecule has 0 saturated carbocycles. The maximum atomic E-state index is 12.8. The summed E-state index contributed by atoms with van der Waals surface area (Å²) in [5, 5.41) is 0. The summed E-state index contributed by atoms with van der Waals surface area (Å²) >= 11 is 0. The Balaban J connectivity index is 2.05. The number of carbonyl (C=O) groups excluding carboxylic acids is 1. The van der Waals surface area contributed by atoms with Crippen molar-refractivity contribution in [1.29, 1.82) is 0 Å². The molecular weight excluding hydrogens is 268 g/mol. The first-order chi connectivity index (χ1) is 10.2. The molecule has 0 atom stereocenters. The van der Waals surface area contributed by atoms with Crippen LogP contribution in [0.2, 0.25) is 0 Å². The Bertz CT molecular complexity index is 669. The predicted molar refractivity (Wildman–Crippen MR) is 78.6 cm³/mol. The molecule has 4 nitrogen and oxygen atoms in total. The Hall–Kier alpha value is -2.49. The predicted octanol–water partition coefficient (Wildman–Crippen LogP) is 2.87. The molecule has 1 aliphatic rings. The number of ether oxygens (including phenoxy) is 3. The van der Waals surface area contributed by atoms with Gasteiger partial charge in [0.2, 0.25) is 0 Å². The van der Waals surface area contributed by atoms with E-state index in [2.05, 4.69) is 0 Å². The van der Waals surface area contributed by atoms with Crippen LogP contribution in [0.3, 0.4) is 0 Å². The summed E-state index contributed by atoms with van der Waals surface area (Å²) in [5.41, 5.74) is 2.19. The van der Waals surface area contributed by atoms with E-state index in [0.717, 1.165) is 12.0 Å². The summed E-state index contributed by atoms with van der Waals surface area (Å²) in [7, 11) is 3.12. The smallest absolute Gasteiger partial charge is 0.197 e. The molecule has 0 unspecified atom stereocenters. The lowest BCUT2D eigenvalue weighted by Crippen LogP contribution is -2.04. The van der Waals surface area contributed by atoms with Gasteiger partial charge in [-0.1, -0.05) is 12.1 Å². The summed E-state index contributed by atoms with van der Waals surface area (Å²) in [6.45, 7) is 0.626. The number of carbonyl (C=O) groups is 1. The Morgan fingerprint density at radius 1 is 1.10 bits per heavy atom. The van der Waals surface area contributed by atoms with Crippen molar-refractivity contribution in [1.82, 2.24) is 0 Å². The zero-order chi connectivity index (χ0) is 14.8. The summed E-state index contributed by atoms with van der Waals surface area (Å²) in [5.74, 6) is 1.78. The van der Waals surface area contributed by atoms with E-state index in [4.69, 9.17) is 14.2 Å². The number of methoxy groups -OCH3 is 2. The maximum Gasteiger partial charge on any atom is 0.197 e.